The van der Waals surface area contributed by atoms with Gasteiger partial charge in [0, 0.05) is 25.3 Å². The number of nitrogens with one attached hydrogen (secondary N) is 2. The quantitative estimate of drug-likeness (QED) is 0.543. The van der Waals surface area contributed by atoms with Crippen molar-refractivity contribution in [3.05, 3.63) is 30.1 Å². The highest BCUT2D eigenvalue weighted by Gasteiger charge is 2.43. The van der Waals surface area contributed by atoms with E-state index in [2.05, 4.69) is 15.6 Å². The van der Waals surface area contributed by atoms with E-state index in [-0.39, 0.29) is 18.4 Å². The average Bonchev–Trinajstić information content (AvgIpc) is 2.76. The van der Waals surface area contributed by atoms with Gasteiger partial charge in [-0.25, -0.2) is 0 Å². The Morgan fingerprint density at radius 3 is 2.70 bits per heavy atom. The minimum absolute atomic E-state index is 0.0294. The fourth-order valence-corrected chi connectivity index (χ4v) is 2.57. The normalized spacial score (nSPS) is 27.3. The van der Waals surface area contributed by atoms with Gasteiger partial charge in [-0.3, -0.25) is 9.78 Å². The first-order valence-electron chi connectivity index (χ1n) is 7.89. The molecule has 0 bridgehead atoms. The van der Waals surface area contributed by atoms with E-state index in [4.69, 9.17) is 4.74 Å². The van der Waals surface area contributed by atoms with Crippen LogP contribution >= 0.6 is 0 Å². The van der Waals surface area contributed by atoms with Crippen LogP contribution in [0.1, 0.15) is 26.0 Å². The molecule has 0 aliphatic carbocycles. The molecule has 4 atom stereocenters. The second-order valence-electron chi connectivity index (χ2n) is 6.07. The standard InChI is InChI=1S/C16H25N3O4/c1-10(2)19-14(20)7-12-15(21)16(22)13(23-12)9-17-8-11-5-3-4-6-18-11/h3-6,10,12-13,15-17,21-22H,7-9H2,1-2H3,(H,19,20)/t12-,13-,15+,16-/m1/s1. The molecule has 0 saturated carbocycles. The zero-order valence-corrected chi connectivity index (χ0v) is 13.5. The topological polar surface area (TPSA) is 104 Å². The summed E-state index contributed by atoms with van der Waals surface area (Å²) in [6.45, 7) is 4.64. The summed E-state index contributed by atoms with van der Waals surface area (Å²) in [5, 5.41) is 26.0. The lowest BCUT2D eigenvalue weighted by Crippen LogP contribution is -2.39. The van der Waals surface area contributed by atoms with Crippen molar-refractivity contribution in [1.82, 2.24) is 15.6 Å². The largest absolute Gasteiger partial charge is 0.388 e. The third kappa shape index (κ3) is 5.24. The summed E-state index contributed by atoms with van der Waals surface area (Å²) in [5.41, 5.74) is 0.883. The van der Waals surface area contributed by atoms with E-state index in [1.165, 1.54) is 0 Å². The van der Waals surface area contributed by atoms with Crippen LogP contribution in [0.3, 0.4) is 0 Å². The Kier molecular flexibility index (Phi) is 6.47. The van der Waals surface area contributed by atoms with Crippen molar-refractivity contribution in [1.29, 1.82) is 0 Å². The van der Waals surface area contributed by atoms with E-state index in [0.29, 0.717) is 13.1 Å². The molecule has 2 heterocycles. The highest BCUT2D eigenvalue weighted by atomic mass is 16.5. The van der Waals surface area contributed by atoms with Gasteiger partial charge in [-0.05, 0) is 26.0 Å². The number of ether oxygens (including phenoxy) is 1. The molecule has 7 heteroatoms. The van der Waals surface area contributed by atoms with Crippen LogP contribution in [-0.2, 0) is 16.1 Å². The maximum Gasteiger partial charge on any atom is 0.222 e. The number of amides is 1. The van der Waals surface area contributed by atoms with Gasteiger partial charge < -0.3 is 25.6 Å². The number of aliphatic hydroxyl groups excluding tert-OH is 2. The molecule has 0 spiro atoms. The van der Waals surface area contributed by atoms with Gasteiger partial charge in [0.1, 0.15) is 12.2 Å². The van der Waals surface area contributed by atoms with Gasteiger partial charge in [-0.2, -0.15) is 0 Å². The summed E-state index contributed by atoms with van der Waals surface area (Å²) in [5.74, 6) is -0.196. The summed E-state index contributed by atoms with van der Waals surface area (Å²) in [4.78, 5) is 16.0. The Balaban J connectivity index is 1.78. The van der Waals surface area contributed by atoms with Crippen molar-refractivity contribution < 1.29 is 19.7 Å². The average molecular weight is 323 g/mol. The maximum atomic E-state index is 11.8. The van der Waals surface area contributed by atoms with E-state index in [9.17, 15) is 15.0 Å². The van der Waals surface area contributed by atoms with Crippen molar-refractivity contribution in [2.45, 2.75) is 57.3 Å². The van der Waals surface area contributed by atoms with Gasteiger partial charge in [0.2, 0.25) is 5.91 Å². The Morgan fingerprint density at radius 1 is 1.30 bits per heavy atom. The molecule has 0 unspecified atom stereocenters. The molecule has 1 aromatic rings. The molecule has 23 heavy (non-hydrogen) atoms. The summed E-state index contributed by atoms with van der Waals surface area (Å²) >= 11 is 0. The molecular formula is C16H25N3O4. The Bertz CT molecular complexity index is 497. The smallest absolute Gasteiger partial charge is 0.222 e. The molecule has 1 amide bonds. The number of aliphatic hydroxyl groups is 2. The zero-order valence-electron chi connectivity index (χ0n) is 13.5. The molecular weight excluding hydrogens is 298 g/mol. The zero-order chi connectivity index (χ0) is 16.8. The van der Waals surface area contributed by atoms with Crippen LogP contribution in [0.25, 0.3) is 0 Å². The van der Waals surface area contributed by atoms with Crippen molar-refractivity contribution >= 4 is 5.91 Å². The van der Waals surface area contributed by atoms with Crippen molar-refractivity contribution in [2.75, 3.05) is 6.54 Å². The molecule has 0 radical (unpaired) electrons. The highest BCUT2D eigenvalue weighted by Crippen LogP contribution is 2.23. The predicted octanol–water partition coefficient (Wildman–Crippen LogP) is -0.425. The van der Waals surface area contributed by atoms with E-state index in [0.717, 1.165) is 5.69 Å². The highest BCUT2D eigenvalue weighted by molar-refractivity contribution is 5.76. The summed E-state index contributed by atoms with van der Waals surface area (Å²) < 4.78 is 5.63. The number of aromatic nitrogens is 1. The van der Waals surface area contributed by atoms with Crippen LogP contribution in [-0.4, -0.2) is 58.1 Å². The SMILES string of the molecule is CC(C)NC(=O)C[C@H]1O[C@H](CNCc2ccccn2)[C@@H](O)[C@H]1O. The summed E-state index contributed by atoms with van der Waals surface area (Å²) in [7, 11) is 0. The number of carbonyl (C=O) groups excluding carboxylic acids is 1. The third-order valence-corrected chi connectivity index (χ3v) is 3.68. The molecule has 1 fully saturated rings. The fraction of sp³-hybridized carbons (Fsp3) is 0.625. The van der Waals surface area contributed by atoms with Crippen LogP contribution in [0.5, 0.6) is 0 Å². The van der Waals surface area contributed by atoms with Crippen LogP contribution in [0.4, 0.5) is 0 Å². The van der Waals surface area contributed by atoms with Crippen molar-refractivity contribution in [3.63, 3.8) is 0 Å². The van der Waals surface area contributed by atoms with Crippen molar-refractivity contribution in [3.8, 4) is 0 Å². The summed E-state index contributed by atoms with van der Waals surface area (Å²) in [6.07, 6.45) is -1.56. The van der Waals surface area contributed by atoms with Gasteiger partial charge in [-0.1, -0.05) is 6.07 Å². The molecule has 128 valence electrons. The first-order valence-corrected chi connectivity index (χ1v) is 7.89. The molecule has 2 rings (SSSR count). The lowest BCUT2D eigenvalue weighted by Gasteiger charge is -2.15. The molecule has 1 aromatic heterocycles. The lowest BCUT2D eigenvalue weighted by atomic mass is 10.1. The molecule has 7 nitrogen and oxygen atoms in total. The second kappa shape index (κ2) is 8.35. The Hall–Kier alpha value is -1.54. The second-order valence-corrected chi connectivity index (χ2v) is 6.07. The predicted molar refractivity (Wildman–Crippen MR) is 84.5 cm³/mol. The minimum atomic E-state index is -1.06. The Morgan fingerprint density at radius 2 is 2.04 bits per heavy atom. The molecule has 1 aliphatic rings. The van der Waals surface area contributed by atoms with Gasteiger partial charge in [0.25, 0.3) is 0 Å². The maximum absolute atomic E-state index is 11.8. The van der Waals surface area contributed by atoms with E-state index < -0.39 is 24.4 Å². The third-order valence-electron chi connectivity index (χ3n) is 3.68. The first kappa shape index (κ1) is 17.8. The number of hydrogen-bond acceptors (Lipinski definition) is 6. The Labute approximate surface area is 136 Å². The van der Waals surface area contributed by atoms with Gasteiger partial charge >= 0.3 is 0 Å². The van der Waals surface area contributed by atoms with E-state index in [1.54, 1.807) is 6.20 Å². The van der Waals surface area contributed by atoms with E-state index >= 15 is 0 Å². The van der Waals surface area contributed by atoms with Crippen LogP contribution in [0, 0.1) is 0 Å². The molecule has 1 saturated heterocycles. The molecule has 0 aromatic carbocycles. The number of hydrogen-bond donors (Lipinski definition) is 4. The van der Waals surface area contributed by atoms with Crippen LogP contribution in [0.2, 0.25) is 0 Å². The van der Waals surface area contributed by atoms with Crippen molar-refractivity contribution in [2.24, 2.45) is 0 Å². The number of nitrogens with zero attached hydrogens (tertiary/aromatic N) is 1. The van der Waals surface area contributed by atoms with Gasteiger partial charge in [-0.15, -0.1) is 0 Å². The van der Waals surface area contributed by atoms with Crippen LogP contribution in [0.15, 0.2) is 24.4 Å². The lowest BCUT2D eigenvalue weighted by molar-refractivity contribution is -0.125. The first-order chi connectivity index (χ1) is 11.0. The number of rotatable bonds is 7. The minimum Gasteiger partial charge on any atom is -0.388 e. The fourth-order valence-electron chi connectivity index (χ4n) is 2.57. The molecule has 4 N–H and O–H groups in total. The summed E-state index contributed by atoms with van der Waals surface area (Å²) in [6, 6.07) is 5.67. The number of pyridine rings is 1. The number of carbonyl (C=O) groups is 1. The van der Waals surface area contributed by atoms with E-state index in [1.807, 2.05) is 32.0 Å². The monoisotopic (exact) mass is 323 g/mol. The van der Waals surface area contributed by atoms with Gasteiger partial charge in [0.05, 0.1) is 24.3 Å². The van der Waals surface area contributed by atoms with Gasteiger partial charge in [0.15, 0.2) is 0 Å². The van der Waals surface area contributed by atoms with Crippen LogP contribution < -0.4 is 10.6 Å². The molecule has 1 aliphatic heterocycles.